The number of fused-ring (bicyclic) bond motifs is 4. The molecule has 0 aliphatic carbocycles. The molecule has 2 aromatic carbocycles. The Labute approximate surface area is 185 Å². The highest BCUT2D eigenvalue weighted by Gasteiger charge is 2.70. The third-order valence-electron chi connectivity index (χ3n) is 6.84. The van der Waals surface area contributed by atoms with E-state index < -0.39 is 23.4 Å². The lowest BCUT2D eigenvalue weighted by molar-refractivity contribution is -0.143. The number of ether oxygens (including phenoxy) is 1. The molecule has 4 atom stereocenters. The molecule has 5 rings (SSSR count). The van der Waals surface area contributed by atoms with Crippen molar-refractivity contribution in [2.45, 2.75) is 24.4 Å². The zero-order valence-electron chi connectivity index (χ0n) is 17.7. The minimum absolute atomic E-state index is 0.156. The molecule has 3 amide bonds. The molecule has 0 saturated carbocycles. The number of likely N-dealkylation sites (tertiary alicyclic amines) is 1. The van der Waals surface area contributed by atoms with Gasteiger partial charge < -0.3 is 15.2 Å². The Morgan fingerprint density at radius 3 is 2.56 bits per heavy atom. The van der Waals surface area contributed by atoms with Gasteiger partial charge in [0.25, 0.3) is 0 Å². The molecule has 3 N–H and O–H groups in total. The van der Waals surface area contributed by atoms with E-state index in [9.17, 15) is 19.5 Å². The van der Waals surface area contributed by atoms with Crippen LogP contribution in [0.4, 0.5) is 5.69 Å². The van der Waals surface area contributed by atoms with Gasteiger partial charge in [-0.2, -0.15) is 0 Å². The summed E-state index contributed by atoms with van der Waals surface area (Å²) in [6, 6.07) is 13.7. The number of phenolic OH excluding ortho intramolecular Hbond substituents is 1. The summed E-state index contributed by atoms with van der Waals surface area (Å²) in [5.74, 6) is -2.19. The normalized spacial score (nSPS) is 28.3. The molecule has 2 aromatic rings. The van der Waals surface area contributed by atoms with E-state index in [0.717, 1.165) is 5.56 Å². The van der Waals surface area contributed by atoms with Gasteiger partial charge >= 0.3 is 0 Å². The maximum Gasteiger partial charge on any atom is 0.250 e. The van der Waals surface area contributed by atoms with Crippen molar-refractivity contribution < 1.29 is 24.2 Å². The van der Waals surface area contributed by atoms with Crippen LogP contribution in [0, 0.1) is 11.8 Å². The first kappa shape index (κ1) is 20.7. The standard InChI is InChI=1S/C24H25N3O5/c1-32-12-4-11-27-21(29)19-18(13-14-7-9-15(28)10-8-14)26-24(20(19)22(27)30)16-5-2-3-6-17(16)25-23(24)31/h2-3,5-10,18-20,26,28H,4,11-13H2,1H3,(H,25,31)/t18-,19+,20-,24-/m0/s1. The van der Waals surface area contributed by atoms with E-state index in [1.165, 1.54) is 4.90 Å². The number of hydrogen-bond donors (Lipinski definition) is 3. The summed E-state index contributed by atoms with van der Waals surface area (Å²) >= 11 is 0. The van der Waals surface area contributed by atoms with Gasteiger partial charge in [0, 0.05) is 37.6 Å². The molecule has 3 heterocycles. The number of methoxy groups -OCH3 is 1. The SMILES string of the molecule is COCCCN1C(=O)[C@@H]2[C@H](Cc3ccc(O)cc3)N[C@]3(C(=O)Nc4ccccc43)[C@@H]2C1=O. The Morgan fingerprint density at radius 1 is 1.06 bits per heavy atom. The van der Waals surface area contributed by atoms with Crippen LogP contribution in [0.2, 0.25) is 0 Å². The molecule has 0 bridgehead atoms. The van der Waals surface area contributed by atoms with E-state index in [1.807, 2.05) is 24.3 Å². The maximum absolute atomic E-state index is 13.6. The van der Waals surface area contributed by atoms with Crippen molar-refractivity contribution >= 4 is 23.4 Å². The number of carbonyl (C=O) groups is 3. The second kappa shape index (κ2) is 7.72. The first-order valence-corrected chi connectivity index (χ1v) is 10.8. The zero-order valence-corrected chi connectivity index (χ0v) is 17.7. The second-order valence-corrected chi connectivity index (χ2v) is 8.61. The van der Waals surface area contributed by atoms with Crippen molar-refractivity contribution in [1.29, 1.82) is 0 Å². The fraction of sp³-hybridized carbons (Fsp3) is 0.375. The molecule has 3 aliphatic heterocycles. The van der Waals surface area contributed by atoms with Gasteiger partial charge in [0.15, 0.2) is 0 Å². The highest BCUT2D eigenvalue weighted by atomic mass is 16.5. The molecule has 8 nitrogen and oxygen atoms in total. The minimum Gasteiger partial charge on any atom is -0.508 e. The van der Waals surface area contributed by atoms with Crippen LogP contribution in [0.3, 0.4) is 0 Å². The summed E-state index contributed by atoms with van der Waals surface area (Å²) < 4.78 is 5.09. The maximum atomic E-state index is 13.6. The van der Waals surface area contributed by atoms with Crippen LogP contribution in [-0.2, 0) is 31.1 Å². The molecule has 3 aliphatic rings. The number of rotatable bonds is 6. The fourth-order valence-electron chi connectivity index (χ4n) is 5.47. The van der Waals surface area contributed by atoms with Gasteiger partial charge in [0.2, 0.25) is 17.7 Å². The van der Waals surface area contributed by atoms with Crippen molar-refractivity contribution in [3.63, 3.8) is 0 Å². The number of benzene rings is 2. The van der Waals surface area contributed by atoms with Crippen molar-refractivity contribution in [2.24, 2.45) is 11.8 Å². The Kier molecular flexibility index (Phi) is 4.98. The van der Waals surface area contributed by atoms with Gasteiger partial charge in [-0.3, -0.25) is 24.6 Å². The summed E-state index contributed by atoms with van der Waals surface area (Å²) in [5.41, 5.74) is 0.979. The smallest absolute Gasteiger partial charge is 0.250 e. The molecule has 166 valence electrons. The van der Waals surface area contributed by atoms with Crippen molar-refractivity contribution in [3.8, 4) is 5.75 Å². The Balaban J connectivity index is 1.56. The van der Waals surface area contributed by atoms with Gasteiger partial charge in [0.05, 0.1) is 11.8 Å². The van der Waals surface area contributed by atoms with Crippen molar-refractivity contribution in [2.75, 3.05) is 25.6 Å². The summed E-state index contributed by atoms with van der Waals surface area (Å²) in [5, 5.41) is 15.9. The lowest BCUT2D eigenvalue weighted by atomic mass is 9.76. The number of anilines is 1. The number of hydrogen-bond acceptors (Lipinski definition) is 6. The Bertz CT molecular complexity index is 1090. The zero-order chi connectivity index (χ0) is 22.5. The van der Waals surface area contributed by atoms with E-state index in [4.69, 9.17) is 4.74 Å². The van der Waals surface area contributed by atoms with Crippen LogP contribution in [0.1, 0.15) is 17.5 Å². The number of para-hydroxylation sites is 1. The Hall–Kier alpha value is -3.23. The van der Waals surface area contributed by atoms with Gasteiger partial charge in [-0.15, -0.1) is 0 Å². The number of imide groups is 1. The average Bonchev–Trinajstić information content (AvgIpc) is 3.36. The number of aromatic hydroxyl groups is 1. The summed E-state index contributed by atoms with van der Waals surface area (Å²) in [4.78, 5) is 41.7. The highest BCUT2D eigenvalue weighted by molar-refractivity contribution is 6.15. The molecule has 0 radical (unpaired) electrons. The number of amides is 3. The van der Waals surface area contributed by atoms with Crippen molar-refractivity contribution in [1.82, 2.24) is 10.2 Å². The summed E-state index contributed by atoms with van der Waals surface area (Å²) in [6.45, 7) is 0.708. The van der Waals surface area contributed by atoms with Crippen LogP contribution in [0.5, 0.6) is 5.75 Å². The number of phenols is 1. The van der Waals surface area contributed by atoms with Crippen molar-refractivity contribution in [3.05, 3.63) is 59.7 Å². The van der Waals surface area contributed by atoms with Crippen LogP contribution >= 0.6 is 0 Å². The Morgan fingerprint density at radius 2 is 1.81 bits per heavy atom. The third-order valence-corrected chi connectivity index (χ3v) is 6.84. The van der Waals surface area contributed by atoms with Crippen LogP contribution in [0.15, 0.2) is 48.5 Å². The number of carbonyl (C=O) groups excluding carboxylic acids is 3. The molecule has 0 unspecified atom stereocenters. The largest absolute Gasteiger partial charge is 0.508 e. The molecule has 8 heteroatoms. The average molecular weight is 435 g/mol. The third kappa shape index (κ3) is 2.94. The molecule has 32 heavy (non-hydrogen) atoms. The first-order chi connectivity index (χ1) is 15.5. The van der Waals surface area contributed by atoms with Crippen LogP contribution in [-0.4, -0.2) is 54.0 Å². The van der Waals surface area contributed by atoms with Crippen LogP contribution < -0.4 is 10.6 Å². The number of nitrogens with zero attached hydrogens (tertiary/aromatic N) is 1. The minimum atomic E-state index is -1.29. The van der Waals surface area contributed by atoms with E-state index in [-0.39, 0.29) is 30.0 Å². The van der Waals surface area contributed by atoms with Gasteiger partial charge in [-0.05, 0) is 36.6 Å². The predicted octanol–water partition coefficient (Wildman–Crippen LogP) is 1.39. The summed E-state index contributed by atoms with van der Waals surface area (Å²) in [7, 11) is 1.58. The van der Waals surface area contributed by atoms with E-state index >= 15 is 0 Å². The van der Waals surface area contributed by atoms with Gasteiger partial charge in [-0.25, -0.2) is 0 Å². The number of nitrogens with one attached hydrogen (secondary N) is 2. The monoisotopic (exact) mass is 435 g/mol. The molecule has 2 saturated heterocycles. The van der Waals surface area contributed by atoms with Crippen LogP contribution in [0.25, 0.3) is 0 Å². The van der Waals surface area contributed by atoms with E-state index in [2.05, 4.69) is 10.6 Å². The molecular weight excluding hydrogens is 410 g/mol. The van der Waals surface area contributed by atoms with Gasteiger partial charge in [0.1, 0.15) is 11.3 Å². The second-order valence-electron chi connectivity index (χ2n) is 8.61. The summed E-state index contributed by atoms with van der Waals surface area (Å²) in [6.07, 6.45) is 0.989. The molecule has 2 fully saturated rings. The fourth-order valence-corrected chi connectivity index (χ4v) is 5.47. The molecule has 1 spiro atoms. The molecule has 0 aromatic heterocycles. The molecular formula is C24H25N3O5. The highest BCUT2D eigenvalue weighted by Crippen LogP contribution is 2.53. The van der Waals surface area contributed by atoms with E-state index in [1.54, 1.807) is 31.4 Å². The topological polar surface area (TPSA) is 108 Å². The lowest BCUT2D eigenvalue weighted by Crippen LogP contribution is -2.53. The quantitative estimate of drug-likeness (QED) is 0.468. The van der Waals surface area contributed by atoms with E-state index in [0.29, 0.717) is 30.7 Å². The van der Waals surface area contributed by atoms with Gasteiger partial charge in [-0.1, -0.05) is 30.3 Å². The first-order valence-electron chi connectivity index (χ1n) is 10.8. The lowest BCUT2D eigenvalue weighted by Gasteiger charge is -2.29. The predicted molar refractivity (Wildman–Crippen MR) is 116 cm³/mol.